The highest BCUT2D eigenvalue weighted by atomic mass is 16.2. The van der Waals surface area contributed by atoms with Crippen LogP contribution in [0.15, 0.2) is 24.3 Å². The van der Waals surface area contributed by atoms with Crippen LogP contribution in [-0.2, 0) is 4.79 Å². The number of hydrogen-bond donors (Lipinski definition) is 2. The van der Waals surface area contributed by atoms with Crippen LogP contribution in [0.4, 0.5) is 10.5 Å². The maximum Gasteiger partial charge on any atom is 0.340 e. The number of urea groups is 1. The van der Waals surface area contributed by atoms with Crippen molar-refractivity contribution in [2.75, 3.05) is 11.6 Å². The Morgan fingerprint density at radius 2 is 2.06 bits per heavy atom. The summed E-state index contributed by atoms with van der Waals surface area (Å²) >= 11 is 0. The molecule has 0 atom stereocenters. The Morgan fingerprint density at radius 1 is 1.29 bits per heavy atom. The van der Waals surface area contributed by atoms with Crippen LogP contribution in [0.2, 0.25) is 0 Å². The van der Waals surface area contributed by atoms with Crippen molar-refractivity contribution < 1.29 is 9.59 Å². The number of benzene rings is 1. The molecule has 0 aromatic heterocycles. The normalized spacial score (nSPS) is 15.8. The van der Waals surface area contributed by atoms with Crippen LogP contribution in [-0.4, -0.2) is 18.5 Å². The van der Waals surface area contributed by atoms with Gasteiger partial charge in [-0.05, 0) is 23.6 Å². The zero-order valence-corrected chi connectivity index (χ0v) is 9.86. The van der Waals surface area contributed by atoms with Gasteiger partial charge in [0.15, 0.2) is 0 Å². The first-order valence-corrected chi connectivity index (χ1v) is 5.54. The van der Waals surface area contributed by atoms with E-state index in [9.17, 15) is 9.59 Å². The van der Waals surface area contributed by atoms with Gasteiger partial charge in [0.05, 0.1) is 5.69 Å². The predicted molar refractivity (Wildman–Crippen MR) is 64.6 cm³/mol. The molecule has 1 aromatic rings. The first kappa shape index (κ1) is 11.4. The van der Waals surface area contributed by atoms with E-state index in [4.69, 9.17) is 0 Å². The van der Waals surface area contributed by atoms with Gasteiger partial charge in [-0.1, -0.05) is 26.0 Å². The second-order valence-corrected chi connectivity index (χ2v) is 4.32. The lowest BCUT2D eigenvalue weighted by molar-refractivity contribution is -0.119. The number of carbonyl (C=O) groups is 2. The van der Waals surface area contributed by atoms with Crippen LogP contribution in [0.1, 0.15) is 25.3 Å². The second-order valence-electron chi connectivity index (χ2n) is 4.32. The average molecular weight is 233 g/mol. The van der Waals surface area contributed by atoms with Gasteiger partial charge in [0, 0.05) is 0 Å². The molecule has 1 aromatic carbocycles. The van der Waals surface area contributed by atoms with E-state index in [1.807, 2.05) is 24.3 Å². The van der Waals surface area contributed by atoms with Crippen molar-refractivity contribution in [1.29, 1.82) is 0 Å². The van der Waals surface area contributed by atoms with E-state index < -0.39 is 6.03 Å². The molecule has 1 saturated heterocycles. The van der Waals surface area contributed by atoms with Gasteiger partial charge < -0.3 is 0 Å². The third-order valence-corrected chi connectivity index (χ3v) is 2.64. The fourth-order valence-electron chi connectivity index (χ4n) is 1.71. The van der Waals surface area contributed by atoms with Crippen LogP contribution in [0.25, 0.3) is 0 Å². The Morgan fingerprint density at radius 3 is 2.71 bits per heavy atom. The Kier molecular flexibility index (Phi) is 2.99. The Bertz CT molecular complexity index is 441. The predicted octanol–water partition coefficient (Wildman–Crippen LogP) is 1.37. The molecule has 0 bridgehead atoms. The summed E-state index contributed by atoms with van der Waals surface area (Å²) in [6.45, 7) is 4.33. The van der Waals surface area contributed by atoms with E-state index in [-0.39, 0.29) is 12.5 Å². The number of anilines is 1. The van der Waals surface area contributed by atoms with Crippen molar-refractivity contribution >= 4 is 17.6 Å². The molecule has 3 amide bonds. The number of nitrogens with zero attached hydrogens (tertiary/aromatic N) is 1. The van der Waals surface area contributed by atoms with E-state index in [1.165, 1.54) is 5.56 Å². The summed E-state index contributed by atoms with van der Waals surface area (Å²) in [6, 6.07) is 7.30. The topological polar surface area (TPSA) is 61.4 Å². The minimum atomic E-state index is -0.490. The van der Waals surface area contributed by atoms with Gasteiger partial charge in [-0.3, -0.25) is 15.1 Å². The summed E-state index contributed by atoms with van der Waals surface area (Å²) in [6.07, 6.45) is 0. The maximum absolute atomic E-state index is 11.3. The molecule has 1 aliphatic rings. The number of imide groups is 1. The third kappa shape index (κ3) is 2.55. The maximum atomic E-state index is 11.3. The van der Waals surface area contributed by atoms with Crippen molar-refractivity contribution in [1.82, 2.24) is 10.7 Å². The zero-order chi connectivity index (χ0) is 12.4. The lowest BCUT2D eigenvalue weighted by atomic mass is 10.0. The largest absolute Gasteiger partial charge is 0.340 e. The molecule has 1 fully saturated rings. The van der Waals surface area contributed by atoms with E-state index in [0.29, 0.717) is 5.92 Å². The van der Waals surface area contributed by atoms with Gasteiger partial charge in [-0.15, -0.1) is 0 Å². The van der Waals surface area contributed by atoms with Gasteiger partial charge in [0.25, 0.3) is 0 Å². The lowest BCUT2D eigenvalue weighted by Crippen LogP contribution is -2.59. The smallest absolute Gasteiger partial charge is 0.275 e. The average Bonchev–Trinajstić information content (AvgIpc) is 2.28. The summed E-state index contributed by atoms with van der Waals surface area (Å²) < 4.78 is 0. The summed E-state index contributed by atoms with van der Waals surface area (Å²) in [5.41, 5.74) is 4.58. The molecule has 1 heterocycles. The van der Waals surface area contributed by atoms with Crippen molar-refractivity contribution in [2.24, 2.45) is 0 Å². The Balaban J connectivity index is 2.24. The Labute approximate surface area is 99.8 Å². The number of amides is 3. The molecular formula is C12H15N3O2. The van der Waals surface area contributed by atoms with Gasteiger partial charge >= 0.3 is 6.03 Å². The molecule has 0 radical (unpaired) electrons. The summed E-state index contributed by atoms with van der Waals surface area (Å²) in [5, 5.41) is 3.73. The van der Waals surface area contributed by atoms with Gasteiger partial charge in [-0.25, -0.2) is 10.2 Å². The Hall–Kier alpha value is -2.04. The first-order valence-electron chi connectivity index (χ1n) is 5.54. The van der Waals surface area contributed by atoms with Crippen LogP contribution in [0.5, 0.6) is 0 Å². The number of hydrazine groups is 1. The second kappa shape index (κ2) is 4.45. The fourth-order valence-corrected chi connectivity index (χ4v) is 1.71. The monoisotopic (exact) mass is 233 g/mol. The van der Waals surface area contributed by atoms with Gasteiger partial charge in [0.2, 0.25) is 5.91 Å². The highest BCUT2D eigenvalue weighted by Gasteiger charge is 2.21. The SMILES string of the molecule is CC(C)c1cccc(N2CC(=O)NC(=O)N2)c1. The number of hydrogen-bond acceptors (Lipinski definition) is 3. The molecule has 2 rings (SSSR count). The molecule has 90 valence electrons. The molecule has 1 aliphatic heterocycles. The number of nitrogens with one attached hydrogen (secondary N) is 2. The molecule has 0 unspecified atom stereocenters. The van der Waals surface area contributed by atoms with Crippen LogP contribution in [0.3, 0.4) is 0 Å². The standard InChI is InChI=1S/C12H15N3O2/c1-8(2)9-4-3-5-10(6-9)15-7-11(16)13-12(17)14-15/h3-6,8H,7H2,1-2H3,(H2,13,14,16,17). The summed E-state index contributed by atoms with van der Waals surface area (Å²) in [7, 11) is 0. The number of rotatable bonds is 2. The zero-order valence-electron chi connectivity index (χ0n) is 9.86. The quantitative estimate of drug-likeness (QED) is 0.811. The highest BCUT2D eigenvalue weighted by Crippen LogP contribution is 2.21. The first-order chi connectivity index (χ1) is 8.06. The van der Waals surface area contributed by atoms with Crippen molar-refractivity contribution in [2.45, 2.75) is 19.8 Å². The van der Waals surface area contributed by atoms with Gasteiger partial charge in [-0.2, -0.15) is 0 Å². The molecule has 2 N–H and O–H groups in total. The minimum Gasteiger partial charge on any atom is -0.275 e. The van der Waals surface area contributed by atoms with Crippen LogP contribution < -0.4 is 15.8 Å². The van der Waals surface area contributed by atoms with Crippen LogP contribution >= 0.6 is 0 Å². The summed E-state index contributed by atoms with van der Waals surface area (Å²) in [4.78, 5) is 22.5. The minimum absolute atomic E-state index is 0.132. The van der Waals surface area contributed by atoms with E-state index >= 15 is 0 Å². The molecule has 0 spiro atoms. The molecule has 5 nitrogen and oxygen atoms in total. The fraction of sp³-hybridized carbons (Fsp3) is 0.333. The van der Waals surface area contributed by atoms with Crippen LogP contribution in [0, 0.1) is 0 Å². The highest BCUT2D eigenvalue weighted by molar-refractivity contribution is 6.00. The molecule has 17 heavy (non-hydrogen) atoms. The third-order valence-electron chi connectivity index (χ3n) is 2.64. The number of carbonyl (C=O) groups excluding carboxylic acids is 2. The molecule has 0 saturated carbocycles. The van der Waals surface area contributed by atoms with Gasteiger partial charge in [0.1, 0.15) is 6.54 Å². The van der Waals surface area contributed by atoms with Crippen molar-refractivity contribution in [3.05, 3.63) is 29.8 Å². The van der Waals surface area contributed by atoms with E-state index in [2.05, 4.69) is 24.6 Å². The lowest BCUT2D eigenvalue weighted by Gasteiger charge is -2.29. The van der Waals surface area contributed by atoms with Crippen molar-refractivity contribution in [3.63, 3.8) is 0 Å². The molecule has 0 aliphatic carbocycles. The summed E-state index contributed by atoms with van der Waals surface area (Å²) in [5.74, 6) is 0.105. The van der Waals surface area contributed by atoms with E-state index in [1.54, 1.807) is 5.01 Å². The molecular weight excluding hydrogens is 218 g/mol. The molecule has 5 heteroatoms. The van der Waals surface area contributed by atoms with Crippen molar-refractivity contribution in [3.8, 4) is 0 Å². The van der Waals surface area contributed by atoms with E-state index in [0.717, 1.165) is 5.69 Å².